The van der Waals surface area contributed by atoms with Crippen molar-refractivity contribution in [1.82, 2.24) is 13.6 Å². The standard InChI is InChI=1S/C9H11N5OS/c1-8-2-4-14(9(10)6-8)12-16(15)13-5-3-11-7-13/h2-7,10,12H,1H3. The van der Waals surface area contributed by atoms with Crippen LogP contribution in [0.1, 0.15) is 5.56 Å². The molecule has 0 aliphatic rings. The topological polar surface area (TPSA) is 75.7 Å². The predicted molar refractivity (Wildman–Crippen MR) is 60.2 cm³/mol. The summed E-state index contributed by atoms with van der Waals surface area (Å²) in [5, 5.41) is 7.67. The third-order valence-electron chi connectivity index (χ3n) is 1.96. The minimum Gasteiger partial charge on any atom is -0.283 e. The smallest absolute Gasteiger partial charge is 0.243 e. The highest BCUT2D eigenvalue weighted by Crippen LogP contribution is 1.92. The summed E-state index contributed by atoms with van der Waals surface area (Å²) in [5.74, 6) is 0. The second-order valence-electron chi connectivity index (χ2n) is 3.22. The second-order valence-corrected chi connectivity index (χ2v) is 4.32. The summed E-state index contributed by atoms with van der Waals surface area (Å²) < 4.78 is 14.5. The fraction of sp³-hybridized carbons (Fsp3) is 0.111. The van der Waals surface area contributed by atoms with Crippen LogP contribution in [-0.4, -0.2) is 17.8 Å². The first kappa shape index (κ1) is 10.6. The van der Waals surface area contributed by atoms with Crippen LogP contribution in [0.15, 0.2) is 37.1 Å². The van der Waals surface area contributed by atoms with Crippen molar-refractivity contribution in [3.8, 4) is 0 Å². The second kappa shape index (κ2) is 4.31. The highest BCUT2D eigenvalue weighted by molar-refractivity contribution is 7.84. The lowest BCUT2D eigenvalue weighted by atomic mass is 10.3. The molecule has 0 saturated heterocycles. The van der Waals surface area contributed by atoms with Crippen LogP contribution >= 0.6 is 0 Å². The van der Waals surface area contributed by atoms with E-state index < -0.39 is 11.2 Å². The maximum atomic E-state index is 11.7. The van der Waals surface area contributed by atoms with Gasteiger partial charge < -0.3 is 0 Å². The van der Waals surface area contributed by atoms with E-state index in [-0.39, 0.29) is 5.49 Å². The summed E-state index contributed by atoms with van der Waals surface area (Å²) in [6.07, 6.45) is 6.23. The Labute approximate surface area is 94.8 Å². The molecule has 2 rings (SSSR count). The Balaban J connectivity index is 2.22. The number of hydrogen-bond acceptors (Lipinski definition) is 3. The molecule has 16 heavy (non-hydrogen) atoms. The molecule has 0 amide bonds. The van der Waals surface area contributed by atoms with Crippen LogP contribution in [-0.2, 0) is 11.2 Å². The number of aryl methyl sites for hydroxylation is 1. The Kier molecular flexibility index (Phi) is 2.86. The Morgan fingerprint density at radius 3 is 2.94 bits per heavy atom. The molecule has 0 fully saturated rings. The monoisotopic (exact) mass is 237 g/mol. The van der Waals surface area contributed by atoms with Gasteiger partial charge in [-0.15, -0.1) is 0 Å². The average molecular weight is 237 g/mol. The van der Waals surface area contributed by atoms with Crippen molar-refractivity contribution in [2.45, 2.75) is 6.92 Å². The third-order valence-corrected chi connectivity index (χ3v) is 2.91. The Bertz CT molecular complexity index is 560. The Morgan fingerprint density at radius 2 is 2.31 bits per heavy atom. The number of nitrogens with one attached hydrogen (secondary N) is 2. The number of hydrogen-bond donors (Lipinski definition) is 2. The zero-order chi connectivity index (χ0) is 11.5. The van der Waals surface area contributed by atoms with Gasteiger partial charge in [0.05, 0.1) is 0 Å². The third kappa shape index (κ3) is 2.19. The van der Waals surface area contributed by atoms with E-state index in [4.69, 9.17) is 5.41 Å². The molecule has 0 saturated carbocycles. The first-order valence-corrected chi connectivity index (χ1v) is 5.68. The van der Waals surface area contributed by atoms with Crippen molar-refractivity contribution in [3.05, 3.63) is 48.1 Å². The first-order valence-electron chi connectivity index (χ1n) is 4.57. The number of rotatable bonds is 3. The van der Waals surface area contributed by atoms with Crippen molar-refractivity contribution in [3.63, 3.8) is 0 Å². The van der Waals surface area contributed by atoms with Gasteiger partial charge in [-0.1, -0.05) is 0 Å². The van der Waals surface area contributed by atoms with E-state index in [1.165, 1.54) is 15.0 Å². The summed E-state index contributed by atoms with van der Waals surface area (Å²) >= 11 is -1.47. The largest absolute Gasteiger partial charge is 0.283 e. The zero-order valence-electron chi connectivity index (χ0n) is 8.62. The molecule has 2 aromatic rings. The lowest BCUT2D eigenvalue weighted by molar-refractivity contribution is 0.674. The molecule has 0 aromatic carbocycles. The van der Waals surface area contributed by atoms with E-state index in [2.05, 4.69) is 9.82 Å². The normalized spacial score (nSPS) is 12.3. The molecule has 84 valence electrons. The van der Waals surface area contributed by atoms with Crippen LogP contribution in [0, 0.1) is 12.3 Å². The predicted octanol–water partition coefficient (Wildman–Crippen LogP) is 0.143. The molecular weight excluding hydrogens is 226 g/mol. The van der Waals surface area contributed by atoms with E-state index in [0.717, 1.165) is 5.56 Å². The van der Waals surface area contributed by atoms with Crippen molar-refractivity contribution in [2.75, 3.05) is 4.83 Å². The van der Waals surface area contributed by atoms with Crippen molar-refractivity contribution >= 4 is 11.2 Å². The molecule has 0 radical (unpaired) electrons. The SMILES string of the molecule is Cc1ccn(NS(=O)n2ccnc2)c(=N)c1. The van der Waals surface area contributed by atoms with Crippen molar-refractivity contribution < 1.29 is 4.21 Å². The van der Waals surface area contributed by atoms with E-state index in [1.807, 2.05) is 13.0 Å². The van der Waals surface area contributed by atoms with Gasteiger partial charge in [0.2, 0.25) is 11.2 Å². The molecule has 2 N–H and O–H groups in total. The molecular formula is C9H11N5OS. The highest BCUT2D eigenvalue weighted by atomic mass is 32.2. The summed E-state index contributed by atoms with van der Waals surface area (Å²) in [7, 11) is 0. The van der Waals surface area contributed by atoms with Gasteiger partial charge in [-0.2, -0.15) is 0 Å². The molecule has 1 unspecified atom stereocenters. The Morgan fingerprint density at radius 1 is 1.50 bits per heavy atom. The van der Waals surface area contributed by atoms with Gasteiger partial charge in [-0.3, -0.25) is 5.41 Å². The summed E-state index contributed by atoms with van der Waals surface area (Å²) in [5.41, 5.74) is 1.23. The molecule has 6 nitrogen and oxygen atoms in total. The van der Waals surface area contributed by atoms with E-state index >= 15 is 0 Å². The van der Waals surface area contributed by atoms with Gasteiger partial charge in [0.1, 0.15) is 11.8 Å². The number of aromatic nitrogens is 3. The Hall–Kier alpha value is -1.89. The fourth-order valence-electron chi connectivity index (χ4n) is 1.16. The maximum Gasteiger partial charge on any atom is 0.243 e. The molecule has 7 heteroatoms. The number of pyridine rings is 1. The first-order chi connectivity index (χ1) is 7.66. The van der Waals surface area contributed by atoms with Gasteiger partial charge >= 0.3 is 0 Å². The molecule has 0 aliphatic carbocycles. The van der Waals surface area contributed by atoms with Gasteiger partial charge in [0.15, 0.2) is 0 Å². The molecule has 0 bridgehead atoms. The molecule has 0 aliphatic heterocycles. The minimum atomic E-state index is -1.47. The lowest BCUT2D eigenvalue weighted by Crippen LogP contribution is -2.31. The van der Waals surface area contributed by atoms with E-state index in [9.17, 15) is 4.21 Å². The summed E-state index contributed by atoms with van der Waals surface area (Å²) in [6.45, 7) is 1.90. The number of imidazole rings is 1. The van der Waals surface area contributed by atoms with Crippen LogP contribution < -0.4 is 10.3 Å². The van der Waals surface area contributed by atoms with Crippen LogP contribution in [0.3, 0.4) is 0 Å². The van der Waals surface area contributed by atoms with E-state index in [0.29, 0.717) is 0 Å². The highest BCUT2D eigenvalue weighted by Gasteiger charge is 2.01. The van der Waals surface area contributed by atoms with Crippen LogP contribution in [0.25, 0.3) is 0 Å². The molecule has 0 spiro atoms. The van der Waals surface area contributed by atoms with E-state index in [1.54, 1.807) is 24.7 Å². The summed E-state index contributed by atoms with van der Waals surface area (Å²) in [6, 6.07) is 3.51. The van der Waals surface area contributed by atoms with Crippen LogP contribution in [0.4, 0.5) is 0 Å². The quantitative estimate of drug-likeness (QED) is 0.797. The van der Waals surface area contributed by atoms with Gasteiger partial charge in [-0.05, 0) is 24.6 Å². The van der Waals surface area contributed by atoms with Crippen LogP contribution in [0.5, 0.6) is 0 Å². The zero-order valence-corrected chi connectivity index (χ0v) is 9.44. The maximum absolute atomic E-state index is 11.7. The molecule has 1 atom stereocenters. The lowest BCUT2D eigenvalue weighted by Gasteiger charge is -2.09. The molecule has 2 aromatic heterocycles. The molecule has 2 heterocycles. The van der Waals surface area contributed by atoms with Crippen LogP contribution in [0.2, 0.25) is 0 Å². The van der Waals surface area contributed by atoms with Crippen molar-refractivity contribution in [1.29, 1.82) is 5.41 Å². The van der Waals surface area contributed by atoms with Gasteiger partial charge in [0, 0.05) is 18.6 Å². The minimum absolute atomic E-state index is 0.244. The van der Waals surface area contributed by atoms with Gasteiger partial charge in [-0.25, -0.2) is 22.7 Å². The fourth-order valence-corrected chi connectivity index (χ4v) is 1.89. The van der Waals surface area contributed by atoms with Gasteiger partial charge in [0.25, 0.3) is 0 Å². The summed E-state index contributed by atoms with van der Waals surface area (Å²) in [4.78, 5) is 6.46. The average Bonchev–Trinajstić information content (AvgIpc) is 2.75. The number of nitrogens with zero attached hydrogens (tertiary/aromatic N) is 3. The van der Waals surface area contributed by atoms with Crippen molar-refractivity contribution in [2.24, 2.45) is 0 Å².